The Bertz CT molecular complexity index is 561. The standard InChI is InChI=1S/C16H17Cl2N/c1-11-10-14(18)8-9-15(11)16(19(2)3)12-4-6-13(17)7-5-12/h4-10,16H,1-3H3/t16-/m0/s1. The van der Waals surface area contributed by atoms with E-state index in [0.29, 0.717) is 0 Å². The van der Waals surface area contributed by atoms with Crippen molar-refractivity contribution in [3.8, 4) is 0 Å². The van der Waals surface area contributed by atoms with E-state index in [1.165, 1.54) is 16.7 Å². The van der Waals surface area contributed by atoms with Crippen LogP contribution in [0.3, 0.4) is 0 Å². The van der Waals surface area contributed by atoms with Gasteiger partial charge in [-0.15, -0.1) is 0 Å². The molecule has 0 heterocycles. The summed E-state index contributed by atoms with van der Waals surface area (Å²) in [6.45, 7) is 2.09. The maximum atomic E-state index is 6.04. The minimum Gasteiger partial charge on any atom is -0.299 e. The van der Waals surface area contributed by atoms with Crippen LogP contribution in [0.25, 0.3) is 0 Å². The molecule has 0 spiro atoms. The number of nitrogens with zero attached hydrogens (tertiary/aromatic N) is 1. The highest BCUT2D eigenvalue weighted by Crippen LogP contribution is 2.31. The van der Waals surface area contributed by atoms with E-state index in [2.05, 4.69) is 44.1 Å². The first kappa shape index (κ1) is 14.4. The summed E-state index contributed by atoms with van der Waals surface area (Å²) >= 11 is 12.0. The van der Waals surface area contributed by atoms with Crippen LogP contribution in [0.5, 0.6) is 0 Å². The van der Waals surface area contributed by atoms with Crippen molar-refractivity contribution in [2.24, 2.45) is 0 Å². The van der Waals surface area contributed by atoms with Crippen LogP contribution in [0.1, 0.15) is 22.7 Å². The molecule has 0 aliphatic carbocycles. The quantitative estimate of drug-likeness (QED) is 0.774. The lowest BCUT2D eigenvalue weighted by atomic mass is 9.94. The van der Waals surface area contributed by atoms with Gasteiger partial charge in [0.2, 0.25) is 0 Å². The van der Waals surface area contributed by atoms with Crippen LogP contribution in [0.2, 0.25) is 10.0 Å². The number of halogens is 2. The van der Waals surface area contributed by atoms with E-state index in [-0.39, 0.29) is 6.04 Å². The van der Waals surface area contributed by atoms with Crippen molar-refractivity contribution >= 4 is 23.2 Å². The lowest BCUT2D eigenvalue weighted by molar-refractivity contribution is 0.341. The van der Waals surface area contributed by atoms with Crippen LogP contribution in [0.4, 0.5) is 0 Å². The van der Waals surface area contributed by atoms with E-state index in [9.17, 15) is 0 Å². The van der Waals surface area contributed by atoms with Crippen LogP contribution in [0, 0.1) is 6.92 Å². The third-order valence-corrected chi connectivity index (χ3v) is 3.72. The SMILES string of the molecule is Cc1cc(Cl)ccc1[C@H](c1ccc(Cl)cc1)N(C)C. The summed E-state index contributed by atoms with van der Waals surface area (Å²) in [4.78, 5) is 2.19. The second kappa shape index (κ2) is 5.96. The maximum Gasteiger partial charge on any atom is 0.0599 e. The van der Waals surface area contributed by atoms with E-state index in [1.54, 1.807) is 0 Å². The van der Waals surface area contributed by atoms with E-state index in [0.717, 1.165) is 10.0 Å². The Kier molecular flexibility index (Phi) is 4.51. The fourth-order valence-corrected chi connectivity index (χ4v) is 2.70. The highest BCUT2D eigenvalue weighted by Gasteiger charge is 2.18. The summed E-state index contributed by atoms with van der Waals surface area (Å²) in [5, 5.41) is 1.53. The van der Waals surface area contributed by atoms with Crippen molar-refractivity contribution in [1.29, 1.82) is 0 Å². The van der Waals surface area contributed by atoms with Gasteiger partial charge in [-0.3, -0.25) is 4.90 Å². The van der Waals surface area contributed by atoms with Crippen LogP contribution in [-0.2, 0) is 0 Å². The summed E-state index contributed by atoms with van der Waals surface area (Å²) < 4.78 is 0. The molecule has 2 aromatic rings. The smallest absolute Gasteiger partial charge is 0.0599 e. The van der Waals surface area contributed by atoms with Gasteiger partial charge in [-0.25, -0.2) is 0 Å². The highest BCUT2D eigenvalue weighted by molar-refractivity contribution is 6.30. The Morgan fingerprint density at radius 3 is 2.00 bits per heavy atom. The van der Waals surface area contributed by atoms with Gasteiger partial charge in [0.15, 0.2) is 0 Å². The third-order valence-electron chi connectivity index (χ3n) is 3.23. The largest absolute Gasteiger partial charge is 0.299 e. The van der Waals surface area contributed by atoms with E-state index >= 15 is 0 Å². The molecule has 2 aromatic carbocycles. The fourth-order valence-electron chi connectivity index (χ4n) is 2.35. The molecular weight excluding hydrogens is 277 g/mol. The molecule has 0 saturated carbocycles. The van der Waals surface area contributed by atoms with Crippen molar-refractivity contribution in [2.75, 3.05) is 14.1 Å². The molecule has 0 aliphatic rings. The Balaban J connectivity index is 2.48. The topological polar surface area (TPSA) is 3.24 Å². The minimum absolute atomic E-state index is 0.203. The Hall–Kier alpha value is -1.02. The maximum absolute atomic E-state index is 6.04. The summed E-state index contributed by atoms with van der Waals surface area (Å²) in [6, 6.07) is 14.2. The second-order valence-corrected chi connectivity index (χ2v) is 5.79. The molecule has 0 saturated heterocycles. The average molecular weight is 294 g/mol. The highest BCUT2D eigenvalue weighted by atomic mass is 35.5. The van der Waals surface area contributed by atoms with Crippen LogP contribution >= 0.6 is 23.2 Å². The molecule has 100 valence electrons. The lowest BCUT2D eigenvalue weighted by Gasteiger charge is -2.27. The van der Waals surface area contributed by atoms with Crippen molar-refractivity contribution in [2.45, 2.75) is 13.0 Å². The average Bonchev–Trinajstić information content (AvgIpc) is 2.34. The van der Waals surface area contributed by atoms with Gasteiger partial charge in [-0.05, 0) is 62.0 Å². The van der Waals surface area contributed by atoms with Gasteiger partial charge in [0, 0.05) is 10.0 Å². The predicted molar refractivity (Wildman–Crippen MR) is 83.2 cm³/mol. The van der Waals surface area contributed by atoms with Crippen LogP contribution in [-0.4, -0.2) is 19.0 Å². The first-order valence-electron chi connectivity index (χ1n) is 6.17. The third kappa shape index (κ3) is 3.30. The van der Waals surface area contributed by atoms with Crippen LogP contribution < -0.4 is 0 Å². The van der Waals surface area contributed by atoms with Crippen LogP contribution in [0.15, 0.2) is 42.5 Å². The molecule has 0 bridgehead atoms. The van der Waals surface area contributed by atoms with Crippen molar-refractivity contribution in [3.05, 3.63) is 69.2 Å². The van der Waals surface area contributed by atoms with Gasteiger partial charge in [-0.1, -0.05) is 41.4 Å². The number of aryl methyl sites for hydroxylation is 1. The molecule has 3 heteroatoms. The molecule has 0 aliphatic heterocycles. The van der Waals surface area contributed by atoms with Gasteiger partial charge in [0.05, 0.1) is 6.04 Å². The second-order valence-electron chi connectivity index (χ2n) is 4.92. The zero-order valence-electron chi connectivity index (χ0n) is 11.3. The molecule has 0 amide bonds. The monoisotopic (exact) mass is 293 g/mol. The summed E-state index contributed by atoms with van der Waals surface area (Å²) in [6.07, 6.45) is 0. The van der Waals surface area contributed by atoms with Gasteiger partial charge in [-0.2, -0.15) is 0 Å². The number of rotatable bonds is 3. The van der Waals surface area contributed by atoms with Crippen molar-refractivity contribution < 1.29 is 0 Å². The van der Waals surface area contributed by atoms with E-state index < -0.39 is 0 Å². The predicted octanol–water partition coefficient (Wildman–Crippen LogP) is 4.95. The van der Waals surface area contributed by atoms with Crippen molar-refractivity contribution in [1.82, 2.24) is 4.90 Å². The molecule has 2 rings (SSSR count). The summed E-state index contributed by atoms with van der Waals surface area (Å²) in [5.41, 5.74) is 3.68. The minimum atomic E-state index is 0.203. The van der Waals surface area contributed by atoms with E-state index in [4.69, 9.17) is 23.2 Å². The lowest BCUT2D eigenvalue weighted by Crippen LogP contribution is -2.21. The zero-order chi connectivity index (χ0) is 14.0. The van der Waals surface area contributed by atoms with Gasteiger partial charge in [0.1, 0.15) is 0 Å². The Labute approximate surface area is 124 Å². The number of hydrogen-bond acceptors (Lipinski definition) is 1. The number of benzene rings is 2. The Morgan fingerprint density at radius 2 is 1.47 bits per heavy atom. The first-order valence-corrected chi connectivity index (χ1v) is 6.92. The van der Waals surface area contributed by atoms with Crippen molar-refractivity contribution in [3.63, 3.8) is 0 Å². The van der Waals surface area contributed by atoms with E-state index in [1.807, 2.05) is 24.3 Å². The molecule has 1 nitrogen and oxygen atoms in total. The molecule has 19 heavy (non-hydrogen) atoms. The first-order chi connectivity index (χ1) is 8.99. The summed E-state index contributed by atoms with van der Waals surface area (Å²) in [7, 11) is 4.15. The number of hydrogen-bond donors (Lipinski definition) is 0. The molecule has 1 atom stereocenters. The Morgan fingerprint density at radius 1 is 0.895 bits per heavy atom. The molecule has 0 unspecified atom stereocenters. The zero-order valence-corrected chi connectivity index (χ0v) is 12.8. The molecule has 0 aromatic heterocycles. The van der Waals surface area contributed by atoms with Gasteiger partial charge < -0.3 is 0 Å². The fraction of sp³-hybridized carbons (Fsp3) is 0.250. The molecule has 0 radical (unpaired) electrons. The van der Waals surface area contributed by atoms with Gasteiger partial charge >= 0.3 is 0 Å². The van der Waals surface area contributed by atoms with Gasteiger partial charge in [0.25, 0.3) is 0 Å². The molecular formula is C16H17Cl2N. The molecule has 0 fully saturated rings. The normalized spacial score (nSPS) is 12.7. The molecule has 0 N–H and O–H groups in total. The summed E-state index contributed by atoms with van der Waals surface area (Å²) in [5.74, 6) is 0.